The summed E-state index contributed by atoms with van der Waals surface area (Å²) in [4.78, 5) is 13.0. The molecule has 0 saturated carbocycles. The lowest BCUT2D eigenvalue weighted by molar-refractivity contribution is -0.376. The van der Waals surface area contributed by atoms with E-state index in [2.05, 4.69) is 0 Å². The first kappa shape index (κ1) is 43.2. The highest BCUT2D eigenvalue weighted by Crippen LogP contribution is 2.34. The number of phenolic OH excluding ortho intramolecular Hbond substituents is 4. The molecule has 12 N–H and O–H groups in total. The third kappa shape index (κ3) is 9.93. The van der Waals surface area contributed by atoms with Crippen LogP contribution in [0.5, 0.6) is 23.0 Å². The van der Waals surface area contributed by atoms with Crippen LogP contribution in [0.2, 0.25) is 0 Å². The Labute approximate surface area is 318 Å². The summed E-state index contributed by atoms with van der Waals surface area (Å²) in [6, 6.07) is 7.80. The molecule has 15 unspecified atom stereocenters. The lowest BCUT2D eigenvalue weighted by Crippen LogP contribution is -2.66. The van der Waals surface area contributed by atoms with Crippen molar-refractivity contribution in [3.05, 3.63) is 59.7 Å². The average Bonchev–Trinajstić information content (AvgIpc) is 3.17. The van der Waals surface area contributed by atoms with Crippen LogP contribution in [0.1, 0.15) is 18.1 Å². The second-order valence-electron chi connectivity index (χ2n) is 13.3. The molecular weight excluding hydrogens is 752 g/mol. The van der Waals surface area contributed by atoms with Crippen LogP contribution in [0.3, 0.4) is 0 Å². The van der Waals surface area contributed by atoms with E-state index in [0.29, 0.717) is 5.56 Å². The average molecular weight is 799 g/mol. The van der Waals surface area contributed by atoms with Gasteiger partial charge in [-0.2, -0.15) is 0 Å². The predicted octanol–water partition coefficient (Wildman–Crippen LogP) is -2.72. The second kappa shape index (κ2) is 19.0. The molecule has 3 aliphatic rings. The van der Waals surface area contributed by atoms with Gasteiger partial charge in [0.2, 0.25) is 0 Å². The van der Waals surface area contributed by atoms with E-state index < -0.39 is 123 Å². The zero-order valence-electron chi connectivity index (χ0n) is 29.7. The van der Waals surface area contributed by atoms with Crippen molar-refractivity contribution in [3.63, 3.8) is 0 Å². The molecule has 3 aliphatic heterocycles. The van der Waals surface area contributed by atoms with Crippen molar-refractivity contribution in [2.75, 3.05) is 19.8 Å². The number of phenols is 4. The number of hydrogen-bond acceptors (Lipinski definition) is 20. The quantitative estimate of drug-likeness (QED) is 0.0556. The number of aliphatic hydroxyl groups excluding tert-OH is 8. The summed E-state index contributed by atoms with van der Waals surface area (Å²) in [5, 5.41) is 123. The highest BCUT2D eigenvalue weighted by Gasteiger charge is 2.54. The molecule has 0 bridgehead atoms. The summed E-state index contributed by atoms with van der Waals surface area (Å²) in [6.07, 6.45) is -19.6. The Kier molecular flexibility index (Phi) is 14.6. The van der Waals surface area contributed by atoms with Crippen LogP contribution in [0, 0.1) is 0 Å². The Morgan fingerprint density at radius 3 is 1.79 bits per heavy atom. The first-order valence-corrected chi connectivity index (χ1v) is 17.4. The number of ether oxygens (including phenoxy) is 7. The molecule has 20 nitrogen and oxygen atoms in total. The number of carbonyl (C=O) groups excluding carboxylic acids is 1. The second-order valence-corrected chi connectivity index (χ2v) is 13.3. The largest absolute Gasteiger partial charge is 0.504 e. The number of aromatic hydroxyl groups is 4. The van der Waals surface area contributed by atoms with Gasteiger partial charge in [0.25, 0.3) is 0 Å². The van der Waals surface area contributed by atoms with Gasteiger partial charge in [-0.25, -0.2) is 4.79 Å². The van der Waals surface area contributed by atoms with Crippen molar-refractivity contribution < 1.29 is 99.2 Å². The Morgan fingerprint density at radius 1 is 0.625 bits per heavy atom. The minimum atomic E-state index is -1.97. The van der Waals surface area contributed by atoms with Crippen molar-refractivity contribution in [1.82, 2.24) is 0 Å². The van der Waals surface area contributed by atoms with E-state index in [-0.39, 0.29) is 23.7 Å². The summed E-state index contributed by atoms with van der Waals surface area (Å²) < 4.78 is 39.7. The Hall–Kier alpha value is -3.97. The van der Waals surface area contributed by atoms with Crippen molar-refractivity contribution in [1.29, 1.82) is 0 Å². The maximum absolute atomic E-state index is 13.0. The van der Waals surface area contributed by atoms with Gasteiger partial charge in [-0.15, -0.1) is 0 Å². The molecule has 3 heterocycles. The van der Waals surface area contributed by atoms with Gasteiger partial charge in [-0.05, 0) is 48.4 Å². The van der Waals surface area contributed by atoms with Crippen molar-refractivity contribution in [2.24, 2.45) is 0 Å². The third-order valence-electron chi connectivity index (χ3n) is 9.33. The molecule has 0 aliphatic carbocycles. The maximum atomic E-state index is 13.0. The molecule has 5 rings (SSSR count). The monoisotopic (exact) mass is 798 g/mol. The number of hydrogen-bond donors (Lipinski definition) is 12. The smallest absolute Gasteiger partial charge is 0.331 e. The topological polar surface area (TPSA) is 324 Å². The number of benzene rings is 2. The molecule has 0 amide bonds. The molecule has 15 atom stereocenters. The Balaban J connectivity index is 1.33. The van der Waals surface area contributed by atoms with Crippen LogP contribution in [-0.4, -0.2) is 179 Å². The van der Waals surface area contributed by atoms with Crippen LogP contribution in [0.4, 0.5) is 0 Å². The minimum absolute atomic E-state index is 0.226. The van der Waals surface area contributed by atoms with Gasteiger partial charge < -0.3 is 94.4 Å². The van der Waals surface area contributed by atoms with E-state index in [1.165, 1.54) is 61.5 Å². The van der Waals surface area contributed by atoms with Crippen molar-refractivity contribution >= 4 is 18.1 Å². The summed E-state index contributed by atoms with van der Waals surface area (Å²) in [6.45, 7) is -0.412. The molecule has 2 aromatic rings. The summed E-state index contributed by atoms with van der Waals surface area (Å²) in [7, 11) is 0. The van der Waals surface area contributed by atoms with Crippen molar-refractivity contribution in [3.8, 4) is 23.0 Å². The number of aliphatic hydroxyl groups is 8. The standard InChI is InChI=1S/C36H46O20/c1-15-31(55-36-28(47)26(45)25(44)22(13-37)52-36)27(46)29(48)35(51-15)56-33-30(49)34(50-10-2-3-16-4-7-18(39)20(41)11-16)53-23(14-38)32(33)54-24(43)9-6-17-5-8-19(40)21(42)12-17/h2-9,11-12,15,22-23,25-42,44-49H,10,13-14H2,1H3. The van der Waals surface area contributed by atoms with E-state index in [4.69, 9.17) is 33.2 Å². The van der Waals surface area contributed by atoms with E-state index in [0.717, 1.165) is 6.08 Å². The maximum Gasteiger partial charge on any atom is 0.331 e. The fourth-order valence-corrected chi connectivity index (χ4v) is 6.23. The Morgan fingerprint density at radius 2 is 1.18 bits per heavy atom. The molecule has 0 aromatic heterocycles. The van der Waals surface area contributed by atoms with Gasteiger partial charge in [-0.1, -0.05) is 24.3 Å². The summed E-state index contributed by atoms with van der Waals surface area (Å²) in [5.74, 6) is -2.58. The zero-order valence-corrected chi connectivity index (χ0v) is 29.7. The molecule has 0 spiro atoms. The third-order valence-corrected chi connectivity index (χ3v) is 9.33. The number of carbonyl (C=O) groups is 1. The normalized spacial score (nSPS) is 36.6. The molecule has 56 heavy (non-hydrogen) atoms. The minimum Gasteiger partial charge on any atom is -0.504 e. The zero-order chi connectivity index (χ0) is 40.8. The lowest BCUT2D eigenvalue weighted by Gasteiger charge is -2.48. The first-order valence-electron chi connectivity index (χ1n) is 17.4. The van der Waals surface area contributed by atoms with Crippen molar-refractivity contribution in [2.45, 2.75) is 99.0 Å². The van der Waals surface area contributed by atoms with Crippen LogP contribution in [0.25, 0.3) is 12.2 Å². The van der Waals surface area contributed by atoms with Crippen LogP contribution < -0.4 is 0 Å². The number of rotatable bonds is 13. The van der Waals surface area contributed by atoms with Crippen LogP contribution in [0.15, 0.2) is 48.6 Å². The van der Waals surface area contributed by atoms with E-state index in [1.807, 2.05) is 0 Å². The fraction of sp³-hybridized carbons (Fsp3) is 0.528. The van der Waals surface area contributed by atoms with E-state index >= 15 is 0 Å². The summed E-state index contributed by atoms with van der Waals surface area (Å²) in [5.41, 5.74) is 0.769. The predicted molar refractivity (Wildman–Crippen MR) is 185 cm³/mol. The van der Waals surface area contributed by atoms with Crippen LogP contribution in [-0.2, 0) is 38.0 Å². The lowest BCUT2D eigenvalue weighted by atomic mass is 9.96. The van der Waals surface area contributed by atoms with Crippen LogP contribution >= 0.6 is 0 Å². The highest BCUT2D eigenvalue weighted by molar-refractivity contribution is 5.87. The molecule has 20 heteroatoms. The van der Waals surface area contributed by atoms with E-state index in [1.54, 1.807) is 0 Å². The molecule has 0 radical (unpaired) electrons. The SMILES string of the molecule is CC1OC(OC2C(O)C(OCC=Cc3ccc(O)c(O)c3)OC(CO)C2OC(=O)C=Cc2ccc(O)c(O)c2)C(O)C(O)C1OC1OC(CO)C(O)C(O)C1O. The van der Waals surface area contributed by atoms with E-state index in [9.17, 15) is 66.1 Å². The van der Waals surface area contributed by atoms with Gasteiger partial charge in [0.05, 0.1) is 25.9 Å². The van der Waals surface area contributed by atoms with Gasteiger partial charge >= 0.3 is 5.97 Å². The number of esters is 1. The van der Waals surface area contributed by atoms with Gasteiger partial charge in [0, 0.05) is 6.08 Å². The molecule has 2 aromatic carbocycles. The van der Waals surface area contributed by atoms with Gasteiger partial charge in [-0.3, -0.25) is 0 Å². The molecule has 3 fully saturated rings. The van der Waals surface area contributed by atoms with Gasteiger partial charge in [0.15, 0.2) is 48.0 Å². The Bertz CT molecular complexity index is 1670. The highest BCUT2D eigenvalue weighted by atomic mass is 16.8. The summed E-state index contributed by atoms with van der Waals surface area (Å²) >= 11 is 0. The van der Waals surface area contributed by atoms with Gasteiger partial charge in [0.1, 0.15) is 61.0 Å². The molecule has 3 saturated heterocycles. The first-order chi connectivity index (χ1) is 26.6. The fourth-order valence-electron chi connectivity index (χ4n) is 6.23. The molecule has 310 valence electrons. The molecular formula is C36H46O20.